The van der Waals surface area contributed by atoms with Gasteiger partial charge < -0.3 is 4.90 Å². The van der Waals surface area contributed by atoms with E-state index in [0.29, 0.717) is 16.4 Å². The number of thiophene rings is 1. The average molecular weight is 268 g/mol. The third kappa shape index (κ3) is 2.81. The van der Waals surface area contributed by atoms with Gasteiger partial charge in [0.05, 0.1) is 23.5 Å². The molecule has 6 heteroatoms. The minimum Gasteiger partial charge on any atom is -0.335 e. The van der Waals surface area contributed by atoms with Crippen LogP contribution in [0.1, 0.15) is 15.4 Å². The Labute approximate surface area is 108 Å². The van der Waals surface area contributed by atoms with E-state index in [9.17, 15) is 4.79 Å². The van der Waals surface area contributed by atoms with E-state index in [1.165, 1.54) is 11.3 Å². The van der Waals surface area contributed by atoms with Crippen LogP contribution >= 0.6 is 22.9 Å². The molecule has 0 N–H and O–H groups in total. The van der Waals surface area contributed by atoms with Crippen molar-refractivity contribution < 1.29 is 4.79 Å². The Morgan fingerprint density at radius 1 is 1.53 bits per heavy atom. The summed E-state index contributed by atoms with van der Waals surface area (Å²) < 4.78 is 0. The van der Waals surface area contributed by atoms with Gasteiger partial charge in [-0.2, -0.15) is 0 Å². The summed E-state index contributed by atoms with van der Waals surface area (Å²) in [6.45, 7) is 0.418. The van der Waals surface area contributed by atoms with Crippen LogP contribution in [-0.2, 0) is 6.54 Å². The molecule has 0 radical (unpaired) electrons. The molecule has 2 aromatic rings. The SMILES string of the molecule is CN(Cc1cnccn1)C(=O)c1sccc1Cl. The van der Waals surface area contributed by atoms with Crippen LogP contribution in [-0.4, -0.2) is 27.8 Å². The predicted molar refractivity (Wildman–Crippen MR) is 67.2 cm³/mol. The van der Waals surface area contributed by atoms with Crippen molar-refractivity contribution in [2.75, 3.05) is 7.05 Å². The molecule has 2 rings (SSSR count). The monoisotopic (exact) mass is 267 g/mol. The van der Waals surface area contributed by atoms with Gasteiger partial charge in [0, 0.05) is 19.4 Å². The van der Waals surface area contributed by atoms with Gasteiger partial charge in [0.15, 0.2) is 0 Å². The van der Waals surface area contributed by atoms with Gasteiger partial charge >= 0.3 is 0 Å². The highest BCUT2D eigenvalue weighted by molar-refractivity contribution is 7.12. The first-order chi connectivity index (χ1) is 8.18. The zero-order valence-electron chi connectivity index (χ0n) is 9.13. The number of halogens is 1. The smallest absolute Gasteiger partial charge is 0.265 e. The molecule has 2 aromatic heterocycles. The average Bonchev–Trinajstić information content (AvgIpc) is 2.76. The first-order valence-electron chi connectivity index (χ1n) is 4.92. The van der Waals surface area contributed by atoms with Gasteiger partial charge in [-0.3, -0.25) is 14.8 Å². The van der Waals surface area contributed by atoms with E-state index in [1.54, 1.807) is 42.0 Å². The van der Waals surface area contributed by atoms with E-state index in [2.05, 4.69) is 9.97 Å². The molecule has 88 valence electrons. The third-order valence-corrected chi connectivity index (χ3v) is 3.50. The van der Waals surface area contributed by atoms with Crippen LogP contribution in [0.3, 0.4) is 0 Å². The fourth-order valence-corrected chi connectivity index (χ4v) is 2.48. The first-order valence-corrected chi connectivity index (χ1v) is 6.17. The molecule has 1 amide bonds. The van der Waals surface area contributed by atoms with Gasteiger partial charge in [-0.15, -0.1) is 11.3 Å². The lowest BCUT2D eigenvalue weighted by Crippen LogP contribution is -2.26. The van der Waals surface area contributed by atoms with E-state index in [1.807, 2.05) is 0 Å². The summed E-state index contributed by atoms with van der Waals surface area (Å²) in [5, 5.41) is 2.29. The molecule has 0 bridgehead atoms. The molecule has 0 saturated carbocycles. The summed E-state index contributed by atoms with van der Waals surface area (Å²) in [6, 6.07) is 1.72. The normalized spacial score (nSPS) is 10.2. The number of hydrogen-bond acceptors (Lipinski definition) is 4. The molecule has 0 saturated heterocycles. The summed E-state index contributed by atoms with van der Waals surface area (Å²) in [6.07, 6.45) is 4.84. The van der Waals surface area contributed by atoms with Crippen LogP contribution in [0, 0.1) is 0 Å². The molecule has 2 heterocycles. The van der Waals surface area contributed by atoms with Crippen molar-refractivity contribution in [1.29, 1.82) is 0 Å². The number of carbonyl (C=O) groups excluding carboxylic acids is 1. The van der Waals surface area contributed by atoms with Gasteiger partial charge in [-0.25, -0.2) is 0 Å². The highest BCUT2D eigenvalue weighted by Gasteiger charge is 2.16. The van der Waals surface area contributed by atoms with Gasteiger partial charge in [0.25, 0.3) is 5.91 Å². The van der Waals surface area contributed by atoms with Crippen LogP contribution < -0.4 is 0 Å². The van der Waals surface area contributed by atoms with Crippen molar-refractivity contribution in [2.45, 2.75) is 6.54 Å². The number of nitrogens with zero attached hydrogens (tertiary/aromatic N) is 3. The van der Waals surface area contributed by atoms with Crippen LogP contribution in [0.4, 0.5) is 0 Å². The van der Waals surface area contributed by atoms with Crippen LogP contribution in [0.5, 0.6) is 0 Å². The Morgan fingerprint density at radius 3 is 2.94 bits per heavy atom. The van der Waals surface area contributed by atoms with Gasteiger partial charge in [-0.05, 0) is 11.4 Å². The van der Waals surface area contributed by atoms with Gasteiger partial charge in [0.2, 0.25) is 0 Å². The Kier molecular flexibility index (Phi) is 3.71. The fourth-order valence-electron chi connectivity index (χ4n) is 1.35. The van der Waals surface area contributed by atoms with Gasteiger partial charge in [0.1, 0.15) is 4.88 Å². The molecular weight excluding hydrogens is 258 g/mol. The van der Waals surface area contributed by atoms with Crippen molar-refractivity contribution in [3.63, 3.8) is 0 Å². The highest BCUT2D eigenvalue weighted by Crippen LogP contribution is 2.23. The largest absolute Gasteiger partial charge is 0.335 e. The van der Waals surface area contributed by atoms with Gasteiger partial charge in [-0.1, -0.05) is 11.6 Å². The maximum absolute atomic E-state index is 12.0. The van der Waals surface area contributed by atoms with Crippen LogP contribution in [0.25, 0.3) is 0 Å². The lowest BCUT2D eigenvalue weighted by molar-refractivity contribution is 0.0788. The topological polar surface area (TPSA) is 46.1 Å². The number of rotatable bonds is 3. The summed E-state index contributed by atoms with van der Waals surface area (Å²) in [4.78, 5) is 22.2. The zero-order chi connectivity index (χ0) is 12.3. The molecule has 0 aliphatic rings. The predicted octanol–water partition coefficient (Wildman–Crippen LogP) is 2.46. The Bertz CT molecular complexity index is 514. The molecule has 0 atom stereocenters. The van der Waals surface area contributed by atoms with Crippen molar-refractivity contribution in [2.24, 2.45) is 0 Å². The molecule has 0 spiro atoms. The summed E-state index contributed by atoms with van der Waals surface area (Å²) >= 11 is 7.25. The van der Waals surface area contributed by atoms with Crippen molar-refractivity contribution in [3.8, 4) is 0 Å². The maximum Gasteiger partial charge on any atom is 0.265 e. The lowest BCUT2D eigenvalue weighted by atomic mass is 10.3. The van der Waals surface area contributed by atoms with Crippen molar-refractivity contribution in [1.82, 2.24) is 14.9 Å². The first kappa shape index (κ1) is 12.0. The number of aromatic nitrogens is 2. The quantitative estimate of drug-likeness (QED) is 0.858. The lowest BCUT2D eigenvalue weighted by Gasteiger charge is -2.15. The van der Waals surface area contributed by atoms with Crippen molar-refractivity contribution in [3.05, 3.63) is 45.6 Å². The Balaban J connectivity index is 2.09. The molecule has 0 unspecified atom stereocenters. The Morgan fingerprint density at radius 2 is 2.35 bits per heavy atom. The minimum atomic E-state index is -0.101. The number of amides is 1. The van der Waals surface area contributed by atoms with E-state index < -0.39 is 0 Å². The summed E-state index contributed by atoms with van der Waals surface area (Å²) in [5.41, 5.74) is 0.746. The van der Waals surface area contributed by atoms with E-state index >= 15 is 0 Å². The highest BCUT2D eigenvalue weighted by atomic mass is 35.5. The third-order valence-electron chi connectivity index (χ3n) is 2.17. The minimum absolute atomic E-state index is 0.101. The second-order valence-electron chi connectivity index (χ2n) is 3.46. The van der Waals surface area contributed by atoms with E-state index in [4.69, 9.17) is 11.6 Å². The fraction of sp³-hybridized carbons (Fsp3) is 0.182. The van der Waals surface area contributed by atoms with E-state index in [0.717, 1.165) is 5.69 Å². The second kappa shape index (κ2) is 5.25. The number of hydrogen-bond donors (Lipinski definition) is 0. The standard InChI is InChI=1S/C11H10ClN3OS/c1-15(7-8-6-13-3-4-14-8)11(16)10-9(12)2-5-17-10/h2-6H,7H2,1H3. The zero-order valence-corrected chi connectivity index (χ0v) is 10.7. The van der Waals surface area contributed by atoms with Crippen LogP contribution in [0.2, 0.25) is 5.02 Å². The molecule has 0 aliphatic heterocycles. The second-order valence-corrected chi connectivity index (χ2v) is 4.78. The molecule has 0 aliphatic carbocycles. The summed E-state index contributed by atoms with van der Waals surface area (Å²) in [7, 11) is 1.72. The molecule has 0 fully saturated rings. The van der Waals surface area contributed by atoms with Crippen molar-refractivity contribution >= 4 is 28.8 Å². The maximum atomic E-state index is 12.0. The molecule has 17 heavy (non-hydrogen) atoms. The number of carbonyl (C=O) groups is 1. The molecule has 0 aromatic carbocycles. The molecule has 4 nitrogen and oxygen atoms in total. The Hall–Kier alpha value is -1.46. The van der Waals surface area contributed by atoms with E-state index in [-0.39, 0.29) is 5.91 Å². The van der Waals surface area contributed by atoms with Crippen LogP contribution in [0.15, 0.2) is 30.0 Å². The molecular formula is C11H10ClN3OS. The summed E-state index contributed by atoms with van der Waals surface area (Å²) in [5.74, 6) is -0.101.